The van der Waals surface area contributed by atoms with E-state index in [9.17, 15) is 4.79 Å². The van der Waals surface area contributed by atoms with Gasteiger partial charge in [-0.05, 0) is 49.8 Å². The molecule has 0 spiro atoms. The molecule has 0 saturated heterocycles. The number of ether oxygens (including phenoxy) is 2. The minimum absolute atomic E-state index is 0. The Morgan fingerprint density at radius 1 is 1.00 bits per heavy atom. The molecule has 1 unspecified atom stereocenters. The molecule has 0 bridgehead atoms. The summed E-state index contributed by atoms with van der Waals surface area (Å²) in [6.45, 7) is 0.471. The van der Waals surface area contributed by atoms with E-state index in [1.807, 2.05) is 54.6 Å². The van der Waals surface area contributed by atoms with Crippen LogP contribution in [0.2, 0.25) is 5.02 Å². The van der Waals surface area contributed by atoms with E-state index in [0.29, 0.717) is 28.7 Å². The van der Waals surface area contributed by atoms with E-state index in [0.717, 1.165) is 10.9 Å². The summed E-state index contributed by atoms with van der Waals surface area (Å²) >= 11 is 6.36. The summed E-state index contributed by atoms with van der Waals surface area (Å²) in [4.78, 5) is 12.6. The van der Waals surface area contributed by atoms with Crippen molar-refractivity contribution in [1.82, 2.24) is 0 Å². The van der Waals surface area contributed by atoms with Crippen LogP contribution in [0.4, 0.5) is 0 Å². The molecule has 0 heterocycles. The summed E-state index contributed by atoms with van der Waals surface area (Å²) in [5.41, 5.74) is 1.64. The summed E-state index contributed by atoms with van der Waals surface area (Å²) in [6.07, 6.45) is 0. The molecule has 1 atom stereocenters. The van der Waals surface area contributed by atoms with Crippen molar-refractivity contribution in [3.8, 4) is 11.5 Å². The molecule has 0 radical (unpaired) electrons. The van der Waals surface area contributed by atoms with Crippen LogP contribution in [0.5, 0.6) is 11.5 Å². The Bertz CT molecular complexity index is 903. The normalized spacial score (nSPS) is 10.4. The molecule has 0 aliphatic heterocycles. The number of hydrogen-bond donors (Lipinski definition) is 0. The van der Waals surface area contributed by atoms with Crippen LogP contribution in [0.15, 0.2) is 72.8 Å². The molecule has 0 fully saturated rings. The van der Waals surface area contributed by atoms with Crippen molar-refractivity contribution in [3.63, 3.8) is 0 Å². The first kappa shape index (κ1) is 21.5. The van der Waals surface area contributed by atoms with Crippen molar-refractivity contribution in [2.75, 3.05) is 7.11 Å². The zero-order valence-corrected chi connectivity index (χ0v) is 16.0. The molecule has 27 heavy (non-hydrogen) atoms. The molecule has 3 nitrogen and oxygen atoms in total. The average Bonchev–Trinajstić information content (AvgIpc) is 2.69. The molecule has 0 aliphatic carbocycles. The third-order valence-electron chi connectivity index (χ3n) is 3.79. The molecule has 0 N–H and O–H groups in total. The van der Waals surface area contributed by atoms with Gasteiger partial charge < -0.3 is 9.47 Å². The Morgan fingerprint density at radius 3 is 2.41 bits per heavy atom. The molecule has 0 amide bonds. The fourth-order valence-corrected chi connectivity index (χ4v) is 3.71. The number of benzene rings is 3. The Kier molecular flexibility index (Phi) is 8.42. The zero-order chi connectivity index (χ0) is 18.4. The van der Waals surface area contributed by atoms with Crippen LogP contribution in [0.25, 0.3) is 0 Å². The van der Waals surface area contributed by atoms with E-state index in [2.05, 4.69) is 0 Å². The van der Waals surface area contributed by atoms with Gasteiger partial charge in [0.2, 0.25) is 0 Å². The summed E-state index contributed by atoms with van der Waals surface area (Å²) in [5.74, 6) is 1.25. The van der Waals surface area contributed by atoms with Crippen molar-refractivity contribution in [2.45, 2.75) is 6.61 Å². The van der Waals surface area contributed by atoms with E-state index in [1.165, 1.54) is 0 Å². The second-order valence-corrected chi connectivity index (χ2v) is 7.22. The Labute approximate surface area is 178 Å². The third-order valence-corrected chi connectivity index (χ3v) is 5.46. The second-order valence-electron chi connectivity index (χ2n) is 5.57. The van der Waals surface area contributed by atoms with E-state index in [-0.39, 0.29) is 33.0 Å². The first-order valence-corrected chi connectivity index (χ1v) is 9.46. The van der Waals surface area contributed by atoms with Gasteiger partial charge in [0.1, 0.15) is 18.1 Å². The molecule has 3 rings (SSSR count). The van der Waals surface area contributed by atoms with E-state index < -0.39 is 0 Å². The molecular formula is C21H19ClLiO3P. The van der Waals surface area contributed by atoms with E-state index in [1.54, 1.807) is 25.3 Å². The van der Waals surface area contributed by atoms with Crippen LogP contribution < -0.4 is 14.8 Å². The number of para-hydroxylation sites is 1. The van der Waals surface area contributed by atoms with E-state index in [4.69, 9.17) is 21.1 Å². The fraction of sp³-hybridized carbons (Fsp3) is 0.0952. The van der Waals surface area contributed by atoms with Gasteiger partial charge in [0.15, 0.2) is 5.52 Å². The SMILES string of the molecule is COc1ccccc1C(=O)Pc1ccc(OCc2ccccc2)cc1Cl.[LiH]. The Hall–Kier alpha value is -1.75. The van der Waals surface area contributed by atoms with Crippen LogP contribution in [0.3, 0.4) is 0 Å². The van der Waals surface area contributed by atoms with Crippen LogP contribution in [-0.2, 0) is 6.61 Å². The standard InChI is InChI=1S/C21H18ClO3P.Li.H/c1-24-19-10-6-5-9-17(19)21(23)26-20-12-11-16(13-18(20)22)25-14-15-7-3-2-4-8-15;;/h2-13,26H,14H2,1H3;;. The molecule has 0 aliphatic rings. The number of carbonyl (C=O) groups is 1. The van der Waals surface area contributed by atoms with E-state index >= 15 is 0 Å². The van der Waals surface area contributed by atoms with Crippen molar-refractivity contribution in [1.29, 1.82) is 0 Å². The second kappa shape index (κ2) is 10.5. The molecule has 134 valence electrons. The number of hydrogen-bond acceptors (Lipinski definition) is 3. The van der Waals surface area contributed by atoms with Crippen molar-refractivity contribution in [3.05, 3.63) is 88.9 Å². The van der Waals surface area contributed by atoms with Crippen LogP contribution in [0, 0.1) is 0 Å². The third kappa shape index (κ3) is 5.86. The van der Waals surface area contributed by atoms with Crippen molar-refractivity contribution >= 4 is 49.9 Å². The first-order chi connectivity index (χ1) is 12.7. The maximum atomic E-state index is 12.6. The van der Waals surface area contributed by atoms with Gasteiger partial charge in [0, 0.05) is 0 Å². The topological polar surface area (TPSA) is 35.5 Å². The number of carbonyl (C=O) groups excluding carboxylic acids is 1. The fourth-order valence-electron chi connectivity index (χ4n) is 2.45. The van der Waals surface area contributed by atoms with Gasteiger partial charge in [-0.25, -0.2) is 0 Å². The number of halogens is 1. The van der Waals surface area contributed by atoms with Gasteiger partial charge >= 0.3 is 18.9 Å². The summed E-state index contributed by atoms with van der Waals surface area (Å²) in [5, 5.41) is 1.31. The quantitative estimate of drug-likeness (QED) is 0.441. The summed E-state index contributed by atoms with van der Waals surface area (Å²) < 4.78 is 11.0. The predicted molar refractivity (Wildman–Crippen MR) is 115 cm³/mol. The summed E-state index contributed by atoms with van der Waals surface area (Å²) in [6, 6.07) is 22.6. The Morgan fingerprint density at radius 2 is 1.70 bits per heavy atom. The van der Waals surface area contributed by atoms with Crippen molar-refractivity contribution < 1.29 is 14.3 Å². The van der Waals surface area contributed by atoms with Gasteiger partial charge in [-0.15, -0.1) is 0 Å². The van der Waals surface area contributed by atoms with Gasteiger partial charge in [-0.2, -0.15) is 0 Å². The monoisotopic (exact) mass is 392 g/mol. The van der Waals surface area contributed by atoms with Crippen LogP contribution in [-0.4, -0.2) is 31.5 Å². The average molecular weight is 393 g/mol. The van der Waals surface area contributed by atoms with Crippen LogP contribution in [0.1, 0.15) is 15.9 Å². The Balaban J connectivity index is 0.00000261. The number of rotatable bonds is 7. The first-order valence-electron chi connectivity index (χ1n) is 8.08. The summed E-state index contributed by atoms with van der Waals surface area (Å²) in [7, 11) is 1.48. The predicted octanol–water partition coefficient (Wildman–Crippen LogP) is 4.42. The van der Waals surface area contributed by atoms with Gasteiger partial charge in [0.05, 0.1) is 17.7 Å². The molecule has 6 heteroatoms. The van der Waals surface area contributed by atoms with Gasteiger partial charge in [0.25, 0.3) is 0 Å². The molecule has 3 aromatic carbocycles. The molecule has 0 saturated carbocycles. The van der Waals surface area contributed by atoms with Gasteiger partial charge in [-0.1, -0.05) is 54.1 Å². The molecule has 3 aromatic rings. The van der Waals surface area contributed by atoms with Crippen LogP contribution >= 0.6 is 20.2 Å². The van der Waals surface area contributed by atoms with Gasteiger partial charge in [-0.3, -0.25) is 4.79 Å². The number of methoxy groups -OCH3 is 1. The molecule has 0 aromatic heterocycles. The maximum absolute atomic E-state index is 12.6. The van der Waals surface area contributed by atoms with Crippen molar-refractivity contribution in [2.24, 2.45) is 0 Å². The zero-order valence-electron chi connectivity index (χ0n) is 14.2. The minimum atomic E-state index is -0.0812. The molecular weight excluding hydrogens is 374 g/mol.